The maximum atomic E-state index is 12.4. The highest BCUT2D eigenvalue weighted by Crippen LogP contribution is 2.22. The van der Waals surface area contributed by atoms with Crippen LogP contribution in [0.4, 0.5) is 4.79 Å². The Morgan fingerprint density at radius 1 is 1.13 bits per heavy atom. The summed E-state index contributed by atoms with van der Waals surface area (Å²) in [4.78, 5) is 27.4. The molecule has 2 aliphatic rings. The third-order valence-electron chi connectivity index (χ3n) is 4.72. The summed E-state index contributed by atoms with van der Waals surface area (Å²) in [6.07, 6.45) is 3.60. The standard InChI is InChI=1S/C18H24N2O3/c21-17(14-20-9-4-12-23-18(20)22)19-10-7-16(8-11-19)13-15-5-2-1-3-6-15/h1-3,5-6,16H,4,7-14H2. The van der Waals surface area contributed by atoms with Gasteiger partial charge in [0.1, 0.15) is 6.54 Å². The summed E-state index contributed by atoms with van der Waals surface area (Å²) >= 11 is 0. The normalized spacial score (nSPS) is 19.6. The van der Waals surface area contributed by atoms with E-state index in [2.05, 4.69) is 24.3 Å². The van der Waals surface area contributed by atoms with Crippen LogP contribution in [0.2, 0.25) is 0 Å². The van der Waals surface area contributed by atoms with E-state index in [4.69, 9.17) is 4.74 Å². The Morgan fingerprint density at radius 2 is 1.87 bits per heavy atom. The number of hydrogen-bond acceptors (Lipinski definition) is 3. The van der Waals surface area contributed by atoms with Gasteiger partial charge in [-0.25, -0.2) is 4.79 Å². The predicted molar refractivity (Wildman–Crippen MR) is 87.0 cm³/mol. The first kappa shape index (κ1) is 15.8. The van der Waals surface area contributed by atoms with Crippen LogP contribution in [0.15, 0.2) is 30.3 Å². The summed E-state index contributed by atoms with van der Waals surface area (Å²) in [6.45, 7) is 2.82. The van der Waals surface area contributed by atoms with Crippen LogP contribution < -0.4 is 0 Å². The Morgan fingerprint density at radius 3 is 2.57 bits per heavy atom. The first-order valence-corrected chi connectivity index (χ1v) is 8.46. The molecule has 0 aromatic heterocycles. The Kier molecular flexibility index (Phi) is 5.16. The summed E-state index contributed by atoms with van der Waals surface area (Å²) in [7, 11) is 0. The van der Waals surface area contributed by atoms with Crippen LogP contribution in [0.25, 0.3) is 0 Å². The molecule has 0 aliphatic carbocycles. The van der Waals surface area contributed by atoms with Crippen molar-refractivity contribution in [3.05, 3.63) is 35.9 Å². The van der Waals surface area contributed by atoms with Gasteiger partial charge in [-0.1, -0.05) is 30.3 Å². The smallest absolute Gasteiger partial charge is 0.410 e. The molecule has 0 radical (unpaired) electrons. The molecular weight excluding hydrogens is 292 g/mol. The lowest BCUT2D eigenvalue weighted by Crippen LogP contribution is -2.47. The van der Waals surface area contributed by atoms with Crippen molar-refractivity contribution in [1.82, 2.24) is 9.80 Å². The zero-order valence-electron chi connectivity index (χ0n) is 13.4. The quantitative estimate of drug-likeness (QED) is 0.856. The van der Waals surface area contributed by atoms with Crippen molar-refractivity contribution in [2.45, 2.75) is 25.7 Å². The highest BCUT2D eigenvalue weighted by Gasteiger charge is 2.27. The number of nitrogens with zero attached hydrogens (tertiary/aromatic N) is 2. The van der Waals surface area contributed by atoms with Crippen LogP contribution >= 0.6 is 0 Å². The number of carbonyl (C=O) groups excluding carboxylic acids is 2. The minimum Gasteiger partial charge on any atom is -0.449 e. The molecular formula is C18H24N2O3. The largest absolute Gasteiger partial charge is 0.449 e. The van der Waals surface area contributed by atoms with Gasteiger partial charge in [0.15, 0.2) is 0 Å². The number of ether oxygens (including phenoxy) is 1. The maximum Gasteiger partial charge on any atom is 0.410 e. The van der Waals surface area contributed by atoms with Gasteiger partial charge in [-0.2, -0.15) is 0 Å². The monoisotopic (exact) mass is 316 g/mol. The van der Waals surface area contributed by atoms with E-state index in [1.807, 2.05) is 11.0 Å². The minimum absolute atomic E-state index is 0.0435. The molecule has 3 rings (SSSR count). The van der Waals surface area contributed by atoms with Gasteiger partial charge < -0.3 is 9.64 Å². The van der Waals surface area contributed by atoms with Crippen LogP contribution in [0, 0.1) is 5.92 Å². The van der Waals surface area contributed by atoms with Crippen molar-refractivity contribution >= 4 is 12.0 Å². The lowest BCUT2D eigenvalue weighted by atomic mass is 9.90. The second-order valence-electron chi connectivity index (χ2n) is 6.40. The van der Waals surface area contributed by atoms with Crippen molar-refractivity contribution in [2.24, 2.45) is 5.92 Å². The third kappa shape index (κ3) is 4.24. The molecule has 0 saturated carbocycles. The molecule has 2 heterocycles. The summed E-state index contributed by atoms with van der Waals surface area (Å²) in [5, 5.41) is 0. The van der Waals surface area contributed by atoms with Crippen molar-refractivity contribution in [3.8, 4) is 0 Å². The Bertz CT molecular complexity index is 538. The molecule has 1 aromatic rings. The number of hydrogen-bond donors (Lipinski definition) is 0. The van der Waals surface area contributed by atoms with Crippen LogP contribution in [0.3, 0.4) is 0 Å². The zero-order chi connectivity index (χ0) is 16.1. The van der Waals surface area contributed by atoms with E-state index in [1.165, 1.54) is 10.5 Å². The second-order valence-corrected chi connectivity index (χ2v) is 6.40. The van der Waals surface area contributed by atoms with E-state index >= 15 is 0 Å². The fourth-order valence-electron chi connectivity index (χ4n) is 3.34. The van der Waals surface area contributed by atoms with E-state index in [1.54, 1.807) is 0 Å². The third-order valence-corrected chi connectivity index (χ3v) is 4.72. The molecule has 0 bridgehead atoms. The van der Waals surface area contributed by atoms with Gasteiger partial charge in [0, 0.05) is 19.6 Å². The first-order valence-electron chi connectivity index (χ1n) is 8.46. The van der Waals surface area contributed by atoms with E-state index in [-0.39, 0.29) is 18.5 Å². The van der Waals surface area contributed by atoms with Crippen LogP contribution in [0.1, 0.15) is 24.8 Å². The molecule has 5 heteroatoms. The summed E-state index contributed by atoms with van der Waals surface area (Å²) in [5.41, 5.74) is 1.37. The lowest BCUT2D eigenvalue weighted by molar-refractivity contribution is -0.133. The highest BCUT2D eigenvalue weighted by molar-refractivity contribution is 5.82. The number of piperidine rings is 1. The molecule has 2 saturated heterocycles. The average molecular weight is 316 g/mol. The molecule has 23 heavy (non-hydrogen) atoms. The number of carbonyl (C=O) groups is 2. The fourth-order valence-corrected chi connectivity index (χ4v) is 3.34. The summed E-state index contributed by atoms with van der Waals surface area (Å²) < 4.78 is 4.98. The molecule has 0 unspecified atom stereocenters. The molecule has 124 valence electrons. The van der Waals surface area contributed by atoms with E-state index < -0.39 is 0 Å². The zero-order valence-corrected chi connectivity index (χ0v) is 13.4. The maximum absolute atomic E-state index is 12.4. The van der Waals surface area contributed by atoms with E-state index in [0.29, 0.717) is 19.1 Å². The number of rotatable bonds is 4. The number of cyclic esters (lactones) is 1. The highest BCUT2D eigenvalue weighted by atomic mass is 16.6. The van der Waals surface area contributed by atoms with Gasteiger partial charge in [0.05, 0.1) is 6.61 Å². The van der Waals surface area contributed by atoms with Crippen molar-refractivity contribution in [1.29, 1.82) is 0 Å². The summed E-state index contributed by atoms with van der Waals surface area (Å²) in [5.74, 6) is 0.684. The van der Waals surface area contributed by atoms with Gasteiger partial charge in [0.25, 0.3) is 0 Å². The molecule has 0 spiro atoms. The van der Waals surface area contributed by atoms with E-state index in [9.17, 15) is 9.59 Å². The molecule has 2 amide bonds. The van der Waals surface area contributed by atoms with Gasteiger partial charge in [0.2, 0.25) is 5.91 Å². The topological polar surface area (TPSA) is 49.9 Å². The molecule has 0 N–H and O–H groups in total. The SMILES string of the molecule is O=C(CN1CCCOC1=O)N1CCC(Cc2ccccc2)CC1. The second kappa shape index (κ2) is 7.49. The Hall–Kier alpha value is -2.04. The first-order chi connectivity index (χ1) is 11.2. The fraction of sp³-hybridized carbons (Fsp3) is 0.556. The van der Waals surface area contributed by atoms with Crippen molar-refractivity contribution in [2.75, 3.05) is 32.8 Å². The molecule has 2 fully saturated rings. The number of amides is 2. The Labute approximate surface area is 137 Å². The Balaban J connectivity index is 1.45. The van der Waals surface area contributed by atoms with Crippen LogP contribution in [-0.2, 0) is 16.0 Å². The average Bonchev–Trinajstić information content (AvgIpc) is 2.58. The molecule has 5 nitrogen and oxygen atoms in total. The number of likely N-dealkylation sites (tertiary alicyclic amines) is 1. The number of benzene rings is 1. The van der Waals surface area contributed by atoms with Gasteiger partial charge in [-0.05, 0) is 37.2 Å². The van der Waals surface area contributed by atoms with Gasteiger partial charge in [-0.15, -0.1) is 0 Å². The van der Waals surface area contributed by atoms with Crippen LogP contribution in [0.5, 0.6) is 0 Å². The molecule has 2 aliphatic heterocycles. The molecule has 1 aromatic carbocycles. The van der Waals surface area contributed by atoms with E-state index in [0.717, 1.165) is 38.8 Å². The van der Waals surface area contributed by atoms with Crippen molar-refractivity contribution in [3.63, 3.8) is 0 Å². The van der Waals surface area contributed by atoms with Gasteiger partial charge in [-0.3, -0.25) is 9.69 Å². The van der Waals surface area contributed by atoms with Gasteiger partial charge >= 0.3 is 6.09 Å². The summed E-state index contributed by atoms with van der Waals surface area (Å²) in [6, 6.07) is 10.5. The van der Waals surface area contributed by atoms with Crippen LogP contribution in [-0.4, -0.2) is 54.6 Å². The molecule has 0 atom stereocenters. The minimum atomic E-state index is -0.358. The van der Waals surface area contributed by atoms with Crippen molar-refractivity contribution < 1.29 is 14.3 Å². The predicted octanol–water partition coefficient (Wildman–Crippen LogP) is 2.31. The lowest BCUT2D eigenvalue weighted by Gasteiger charge is -2.34.